The predicted octanol–water partition coefficient (Wildman–Crippen LogP) is 3.06. The third-order valence-corrected chi connectivity index (χ3v) is 4.78. The van der Waals surface area contributed by atoms with E-state index < -0.39 is 5.97 Å². The molecule has 0 saturated heterocycles. The molecule has 0 bridgehead atoms. The fourth-order valence-corrected chi connectivity index (χ4v) is 3.69. The SMILES string of the molecule is COc1ccc2c(c1)CCC(CNCC(=O)O)C2c1ccccc1. The van der Waals surface area contributed by atoms with Crippen molar-refractivity contribution in [3.8, 4) is 5.75 Å². The van der Waals surface area contributed by atoms with E-state index in [-0.39, 0.29) is 12.5 Å². The molecule has 2 N–H and O–H groups in total. The van der Waals surface area contributed by atoms with Crippen LogP contribution >= 0.6 is 0 Å². The number of nitrogens with one attached hydrogen (secondary N) is 1. The van der Waals surface area contributed by atoms with Gasteiger partial charge in [-0.2, -0.15) is 0 Å². The van der Waals surface area contributed by atoms with Crippen LogP contribution in [0.2, 0.25) is 0 Å². The predicted molar refractivity (Wildman–Crippen MR) is 93.6 cm³/mol. The first-order valence-electron chi connectivity index (χ1n) is 8.33. The second kappa shape index (κ2) is 7.49. The summed E-state index contributed by atoms with van der Waals surface area (Å²) in [6.45, 7) is 0.713. The zero-order valence-corrected chi connectivity index (χ0v) is 13.9. The molecule has 0 aromatic heterocycles. The Hall–Kier alpha value is -2.33. The molecule has 0 radical (unpaired) electrons. The normalized spacial score (nSPS) is 19.5. The van der Waals surface area contributed by atoms with Gasteiger partial charge in [0.15, 0.2) is 0 Å². The maximum atomic E-state index is 10.8. The number of methoxy groups -OCH3 is 1. The number of carboxylic acid groups (broad SMARTS) is 1. The molecule has 4 nitrogen and oxygen atoms in total. The maximum absolute atomic E-state index is 10.8. The minimum absolute atomic E-state index is 0.00742. The van der Waals surface area contributed by atoms with E-state index in [1.54, 1.807) is 7.11 Å². The van der Waals surface area contributed by atoms with Gasteiger partial charge in [-0.25, -0.2) is 0 Å². The number of carboxylic acids is 1. The Labute approximate surface area is 142 Å². The zero-order chi connectivity index (χ0) is 16.9. The highest BCUT2D eigenvalue weighted by Crippen LogP contribution is 2.41. The van der Waals surface area contributed by atoms with Crippen LogP contribution < -0.4 is 10.1 Å². The van der Waals surface area contributed by atoms with Crippen LogP contribution in [-0.2, 0) is 11.2 Å². The highest BCUT2D eigenvalue weighted by atomic mass is 16.5. The van der Waals surface area contributed by atoms with Crippen molar-refractivity contribution in [3.63, 3.8) is 0 Å². The summed E-state index contributed by atoms with van der Waals surface area (Å²) in [4.78, 5) is 10.8. The van der Waals surface area contributed by atoms with Crippen molar-refractivity contribution in [1.82, 2.24) is 5.32 Å². The van der Waals surface area contributed by atoms with Crippen molar-refractivity contribution < 1.29 is 14.6 Å². The first-order valence-corrected chi connectivity index (χ1v) is 8.33. The van der Waals surface area contributed by atoms with Crippen molar-refractivity contribution in [2.75, 3.05) is 20.2 Å². The topological polar surface area (TPSA) is 58.6 Å². The maximum Gasteiger partial charge on any atom is 0.317 e. The van der Waals surface area contributed by atoms with Gasteiger partial charge in [-0.1, -0.05) is 36.4 Å². The summed E-state index contributed by atoms with van der Waals surface area (Å²) in [7, 11) is 1.69. The summed E-state index contributed by atoms with van der Waals surface area (Å²) in [5.41, 5.74) is 3.94. The van der Waals surface area contributed by atoms with Gasteiger partial charge in [0.1, 0.15) is 5.75 Å². The summed E-state index contributed by atoms with van der Waals surface area (Å²) >= 11 is 0. The molecule has 0 heterocycles. The van der Waals surface area contributed by atoms with Gasteiger partial charge >= 0.3 is 5.97 Å². The number of ether oxygens (including phenoxy) is 1. The molecular weight excluding hydrogens is 302 g/mol. The Kier molecular flexibility index (Phi) is 5.16. The van der Waals surface area contributed by atoms with Crippen LogP contribution in [0.3, 0.4) is 0 Å². The van der Waals surface area contributed by atoms with E-state index in [0.29, 0.717) is 12.5 Å². The van der Waals surface area contributed by atoms with Gasteiger partial charge < -0.3 is 15.2 Å². The van der Waals surface area contributed by atoms with Crippen molar-refractivity contribution in [1.29, 1.82) is 0 Å². The Morgan fingerprint density at radius 3 is 2.75 bits per heavy atom. The van der Waals surface area contributed by atoms with E-state index in [9.17, 15) is 4.79 Å². The van der Waals surface area contributed by atoms with Crippen LogP contribution in [0.15, 0.2) is 48.5 Å². The van der Waals surface area contributed by atoms with Gasteiger partial charge in [0.05, 0.1) is 13.7 Å². The lowest BCUT2D eigenvalue weighted by atomic mass is 9.71. The minimum Gasteiger partial charge on any atom is -0.497 e. The third kappa shape index (κ3) is 3.60. The summed E-state index contributed by atoms with van der Waals surface area (Å²) < 4.78 is 5.36. The molecule has 24 heavy (non-hydrogen) atoms. The molecule has 1 aliphatic rings. The van der Waals surface area contributed by atoms with E-state index in [1.165, 1.54) is 16.7 Å². The van der Waals surface area contributed by atoms with Crippen molar-refractivity contribution in [3.05, 3.63) is 65.2 Å². The molecule has 3 rings (SSSR count). The highest BCUT2D eigenvalue weighted by Gasteiger charge is 2.30. The van der Waals surface area contributed by atoms with E-state index in [2.05, 4.69) is 41.7 Å². The summed E-state index contributed by atoms with van der Waals surface area (Å²) in [5, 5.41) is 11.9. The van der Waals surface area contributed by atoms with Gasteiger partial charge in [0.2, 0.25) is 0 Å². The molecule has 0 spiro atoms. The molecule has 2 aromatic carbocycles. The Morgan fingerprint density at radius 2 is 2.04 bits per heavy atom. The van der Waals surface area contributed by atoms with Crippen LogP contribution in [0.5, 0.6) is 5.75 Å². The Balaban J connectivity index is 1.91. The molecule has 0 aliphatic heterocycles. The number of aryl methyl sites for hydroxylation is 1. The van der Waals surface area contributed by atoms with Gasteiger partial charge in [-0.3, -0.25) is 4.79 Å². The van der Waals surface area contributed by atoms with Gasteiger partial charge in [-0.05, 0) is 54.1 Å². The van der Waals surface area contributed by atoms with Crippen LogP contribution in [0, 0.1) is 5.92 Å². The van der Waals surface area contributed by atoms with Gasteiger partial charge in [0, 0.05) is 5.92 Å². The molecule has 126 valence electrons. The van der Waals surface area contributed by atoms with Crippen molar-refractivity contribution >= 4 is 5.97 Å². The Morgan fingerprint density at radius 1 is 1.25 bits per heavy atom. The standard InChI is InChI=1S/C20H23NO3/c1-24-17-9-10-18-15(11-17)7-8-16(12-21-13-19(22)23)20(18)14-5-3-2-4-6-14/h2-6,9-11,16,20-21H,7-8,12-13H2,1H3,(H,22,23). The number of hydrogen-bond acceptors (Lipinski definition) is 3. The smallest absolute Gasteiger partial charge is 0.317 e. The molecule has 0 amide bonds. The summed E-state index contributed by atoms with van der Waals surface area (Å²) in [6.07, 6.45) is 2.03. The quantitative estimate of drug-likeness (QED) is 0.857. The molecule has 2 atom stereocenters. The first kappa shape index (κ1) is 16.5. The van der Waals surface area contributed by atoms with E-state index >= 15 is 0 Å². The van der Waals surface area contributed by atoms with Crippen LogP contribution in [0.4, 0.5) is 0 Å². The zero-order valence-electron chi connectivity index (χ0n) is 13.9. The molecule has 0 saturated carbocycles. The monoisotopic (exact) mass is 325 g/mol. The van der Waals surface area contributed by atoms with Crippen LogP contribution in [-0.4, -0.2) is 31.3 Å². The lowest BCUT2D eigenvalue weighted by molar-refractivity contribution is -0.136. The van der Waals surface area contributed by atoms with E-state index in [0.717, 1.165) is 18.6 Å². The third-order valence-electron chi connectivity index (χ3n) is 4.78. The molecule has 0 fully saturated rings. The van der Waals surface area contributed by atoms with Gasteiger partial charge in [-0.15, -0.1) is 0 Å². The van der Waals surface area contributed by atoms with Gasteiger partial charge in [0.25, 0.3) is 0 Å². The van der Waals surface area contributed by atoms with Crippen molar-refractivity contribution in [2.24, 2.45) is 5.92 Å². The molecule has 2 unspecified atom stereocenters. The van der Waals surface area contributed by atoms with Crippen molar-refractivity contribution in [2.45, 2.75) is 18.8 Å². The fraction of sp³-hybridized carbons (Fsp3) is 0.350. The number of carbonyl (C=O) groups is 1. The lowest BCUT2D eigenvalue weighted by Gasteiger charge is -2.34. The average Bonchev–Trinajstić information content (AvgIpc) is 2.61. The van der Waals surface area contributed by atoms with E-state index in [4.69, 9.17) is 9.84 Å². The van der Waals surface area contributed by atoms with Crippen LogP contribution in [0.1, 0.15) is 29.0 Å². The number of rotatable bonds is 6. The second-order valence-electron chi connectivity index (χ2n) is 6.28. The number of hydrogen-bond donors (Lipinski definition) is 2. The first-order chi connectivity index (χ1) is 11.7. The highest BCUT2D eigenvalue weighted by molar-refractivity contribution is 5.69. The number of benzene rings is 2. The number of fused-ring (bicyclic) bond motifs is 1. The molecular formula is C20H23NO3. The minimum atomic E-state index is -0.813. The Bertz CT molecular complexity index is 699. The summed E-state index contributed by atoms with van der Waals surface area (Å²) in [6, 6.07) is 16.8. The fourth-order valence-electron chi connectivity index (χ4n) is 3.69. The average molecular weight is 325 g/mol. The molecule has 2 aromatic rings. The second-order valence-corrected chi connectivity index (χ2v) is 6.28. The van der Waals surface area contributed by atoms with Crippen LogP contribution in [0.25, 0.3) is 0 Å². The molecule has 4 heteroatoms. The molecule has 1 aliphatic carbocycles. The van der Waals surface area contributed by atoms with E-state index in [1.807, 2.05) is 12.1 Å². The lowest BCUT2D eigenvalue weighted by Crippen LogP contribution is -2.34. The largest absolute Gasteiger partial charge is 0.497 e. The summed E-state index contributed by atoms with van der Waals surface area (Å²) in [5.74, 6) is 0.741. The number of aliphatic carboxylic acids is 1.